The van der Waals surface area contributed by atoms with Crippen LogP contribution in [0.5, 0.6) is 0 Å². The van der Waals surface area contributed by atoms with Crippen LogP contribution in [0.15, 0.2) is 12.3 Å². The first-order valence-corrected chi connectivity index (χ1v) is 10.1. The Labute approximate surface area is 143 Å². The highest BCUT2D eigenvalue weighted by Gasteiger charge is 2.34. The van der Waals surface area contributed by atoms with Crippen molar-refractivity contribution in [2.75, 3.05) is 49.1 Å². The lowest BCUT2D eigenvalue weighted by molar-refractivity contribution is 0.0532. The predicted octanol–water partition coefficient (Wildman–Crippen LogP) is 1.70. The van der Waals surface area contributed by atoms with E-state index in [-0.39, 0.29) is 0 Å². The number of piperazine rings is 1. The summed E-state index contributed by atoms with van der Waals surface area (Å²) in [5.41, 5.74) is 1.17. The zero-order valence-electron chi connectivity index (χ0n) is 14.0. The summed E-state index contributed by atoms with van der Waals surface area (Å²) in [5.74, 6) is 3.30. The molecule has 0 aliphatic carbocycles. The van der Waals surface area contributed by atoms with Crippen LogP contribution in [0.1, 0.15) is 25.5 Å². The molecule has 0 N–H and O–H groups in total. The smallest absolute Gasteiger partial charge is 0.225 e. The van der Waals surface area contributed by atoms with Gasteiger partial charge in [0.2, 0.25) is 5.95 Å². The molecule has 23 heavy (non-hydrogen) atoms. The van der Waals surface area contributed by atoms with E-state index < -0.39 is 0 Å². The number of rotatable bonds is 3. The largest absolute Gasteiger partial charge is 0.339 e. The molecule has 3 saturated heterocycles. The summed E-state index contributed by atoms with van der Waals surface area (Å²) in [4.78, 5) is 17.0. The first-order valence-electron chi connectivity index (χ1n) is 8.92. The summed E-state index contributed by atoms with van der Waals surface area (Å²) in [6, 6.07) is 3.48. The Bertz CT molecular complexity index is 533. The quantitative estimate of drug-likeness (QED) is 0.838. The van der Waals surface area contributed by atoms with Gasteiger partial charge in [-0.1, -0.05) is 0 Å². The van der Waals surface area contributed by atoms with Gasteiger partial charge in [0.1, 0.15) is 0 Å². The van der Waals surface area contributed by atoms with Crippen molar-refractivity contribution in [3.63, 3.8) is 0 Å². The fraction of sp³-hybridized carbons (Fsp3) is 0.765. The lowest BCUT2D eigenvalue weighted by Crippen LogP contribution is -2.54. The first-order chi connectivity index (χ1) is 11.3. The molecule has 6 heteroatoms. The van der Waals surface area contributed by atoms with E-state index >= 15 is 0 Å². The van der Waals surface area contributed by atoms with Crippen molar-refractivity contribution in [2.24, 2.45) is 0 Å². The van der Waals surface area contributed by atoms with Gasteiger partial charge >= 0.3 is 0 Å². The van der Waals surface area contributed by atoms with Crippen LogP contribution < -0.4 is 4.90 Å². The van der Waals surface area contributed by atoms with Crippen LogP contribution in [0.3, 0.4) is 0 Å². The van der Waals surface area contributed by atoms with Gasteiger partial charge in [0.05, 0.1) is 5.69 Å². The molecule has 0 saturated carbocycles. The van der Waals surface area contributed by atoms with Crippen LogP contribution in [-0.4, -0.2) is 76.1 Å². The van der Waals surface area contributed by atoms with Gasteiger partial charge in [-0.15, -0.1) is 0 Å². The van der Waals surface area contributed by atoms with E-state index in [2.05, 4.69) is 32.7 Å². The van der Waals surface area contributed by atoms with E-state index in [0.29, 0.717) is 6.04 Å². The third-order valence-electron chi connectivity index (χ3n) is 5.43. The van der Waals surface area contributed by atoms with Crippen molar-refractivity contribution in [2.45, 2.75) is 38.4 Å². The van der Waals surface area contributed by atoms with Gasteiger partial charge in [0, 0.05) is 62.5 Å². The maximum Gasteiger partial charge on any atom is 0.225 e. The van der Waals surface area contributed by atoms with E-state index in [1.54, 1.807) is 0 Å². The molecule has 3 aliphatic heterocycles. The van der Waals surface area contributed by atoms with E-state index in [0.717, 1.165) is 31.6 Å². The Kier molecular flexibility index (Phi) is 4.73. The lowest BCUT2D eigenvalue weighted by Gasteiger charge is -2.42. The van der Waals surface area contributed by atoms with Crippen molar-refractivity contribution >= 4 is 17.7 Å². The number of hydrogen-bond donors (Lipinski definition) is 0. The summed E-state index contributed by atoms with van der Waals surface area (Å²) in [6.45, 7) is 9.18. The number of thioether (sulfide) groups is 1. The van der Waals surface area contributed by atoms with Gasteiger partial charge < -0.3 is 4.90 Å². The molecule has 4 heterocycles. The van der Waals surface area contributed by atoms with Gasteiger partial charge in [-0.25, -0.2) is 9.97 Å². The molecule has 1 aromatic heterocycles. The summed E-state index contributed by atoms with van der Waals surface area (Å²) in [5, 5.41) is 0. The fourth-order valence-corrected chi connectivity index (χ4v) is 4.97. The molecule has 126 valence electrons. The molecule has 1 aromatic rings. The highest BCUT2D eigenvalue weighted by atomic mass is 32.2. The SMILES string of the molecule is C[C@@H]1CN2CCCC2CN1Cc1ccnc(N2CCSCC2)n1. The van der Waals surface area contributed by atoms with Crippen LogP contribution >= 0.6 is 11.8 Å². The standard InChI is InChI=1S/C17H27N5S/c1-14-11-21-6-2-3-16(21)13-22(14)12-15-4-5-18-17(19-15)20-7-9-23-10-8-20/h4-5,14,16H,2-3,6-13H2,1H3/t14-,16?/m1/s1. The fourth-order valence-electron chi connectivity index (χ4n) is 4.06. The summed E-state index contributed by atoms with van der Waals surface area (Å²) < 4.78 is 0. The average Bonchev–Trinajstić information content (AvgIpc) is 3.03. The minimum Gasteiger partial charge on any atom is -0.339 e. The normalized spacial score (nSPS) is 29.7. The Morgan fingerprint density at radius 3 is 2.96 bits per heavy atom. The molecule has 0 amide bonds. The molecule has 0 bridgehead atoms. The monoisotopic (exact) mass is 333 g/mol. The third-order valence-corrected chi connectivity index (χ3v) is 6.37. The van der Waals surface area contributed by atoms with Crippen molar-refractivity contribution in [1.82, 2.24) is 19.8 Å². The van der Waals surface area contributed by atoms with E-state index in [1.807, 2.05) is 18.0 Å². The lowest BCUT2D eigenvalue weighted by atomic mass is 10.1. The van der Waals surface area contributed by atoms with Crippen molar-refractivity contribution in [1.29, 1.82) is 0 Å². The molecule has 1 unspecified atom stereocenters. The van der Waals surface area contributed by atoms with E-state index in [4.69, 9.17) is 4.98 Å². The molecule has 3 aliphatic rings. The number of aromatic nitrogens is 2. The second-order valence-corrected chi connectivity index (χ2v) is 8.24. The van der Waals surface area contributed by atoms with Crippen molar-refractivity contribution < 1.29 is 0 Å². The number of hydrogen-bond acceptors (Lipinski definition) is 6. The van der Waals surface area contributed by atoms with Gasteiger partial charge in [0.15, 0.2) is 0 Å². The molecule has 2 atom stereocenters. The van der Waals surface area contributed by atoms with Crippen LogP contribution in [0, 0.1) is 0 Å². The highest BCUT2D eigenvalue weighted by molar-refractivity contribution is 7.99. The van der Waals surface area contributed by atoms with Crippen molar-refractivity contribution in [3.05, 3.63) is 18.0 Å². The van der Waals surface area contributed by atoms with E-state index in [9.17, 15) is 0 Å². The van der Waals surface area contributed by atoms with Gasteiger partial charge in [-0.05, 0) is 32.4 Å². The average molecular weight is 334 g/mol. The number of nitrogens with zero attached hydrogens (tertiary/aromatic N) is 5. The maximum absolute atomic E-state index is 4.86. The predicted molar refractivity (Wildman–Crippen MR) is 96.0 cm³/mol. The molecular formula is C17H27N5S. The molecule has 4 rings (SSSR count). The van der Waals surface area contributed by atoms with E-state index in [1.165, 1.54) is 49.7 Å². The first kappa shape index (κ1) is 15.7. The molecule has 3 fully saturated rings. The number of fused-ring (bicyclic) bond motifs is 1. The van der Waals surface area contributed by atoms with Crippen LogP contribution in [-0.2, 0) is 6.54 Å². The molecule has 0 spiro atoms. The second-order valence-electron chi connectivity index (χ2n) is 7.02. The topological polar surface area (TPSA) is 35.5 Å². The zero-order chi connectivity index (χ0) is 15.6. The van der Waals surface area contributed by atoms with Crippen LogP contribution in [0.2, 0.25) is 0 Å². The van der Waals surface area contributed by atoms with Crippen LogP contribution in [0.25, 0.3) is 0 Å². The maximum atomic E-state index is 4.86. The van der Waals surface area contributed by atoms with Gasteiger partial charge in [-0.3, -0.25) is 9.80 Å². The Hall–Kier alpha value is -0.850. The minimum atomic E-state index is 0.620. The van der Waals surface area contributed by atoms with Crippen molar-refractivity contribution in [3.8, 4) is 0 Å². The molecule has 0 aromatic carbocycles. The van der Waals surface area contributed by atoms with Gasteiger partial charge in [0.25, 0.3) is 0 Å². The molecular weight excluding hydrogens is 306 g/mol. The minimum absolute atomic E-state index is 0.620. The van der Waals surface area contributed by atoms with Gasteiger partial charge in [-0.2, -0.15) is 11.8 Å². The second kappa shape index (κ2) is 6.95. The summed E-state index contributed by atoms with van der Waals surface area (Å²) >= 11 is 2.03. The summed E-state index contributed by atoms with van der Waals surface area (Å²) in [7, 11) is 0. The highest BCUT2D eigenvalue weighted by Crippen LogP contribution is 2.25. The molecule has 5 nitrogen and oxygen atoms in total. The van der Waals surface area contributed by atoms with Crippen LogP contribution in [0.4, 0.5) is 5.95 Å². The summed E-state index contributed by atoms with van der Waals surface area (Å²) in [6.07, 6.45) is 4.68. The Morgan fingerprint density at radius 1 is 1.22 bits per heavy atom. The third kappa shape index (κ3) is 3.49. The number of anilines is 1. The molecule has 0 radical (unpaired) electrons. The zero-order valence-corrected chi connectivity index (χ0v) is 14.8. The Balaban J connectivity index is 1.43. The Morgan fingerprint density at radius 2 is 2.09 bits per heavy atom.